The van der Waals surface area contributed by atoms with Crippen LogP contribution in [0.25, 0.3) is 0 Å². The second kappa shape index (κ2) is 7.04. The monoisotopic (exact) mass is 345 g/mol. The number of ether oxygens (including phenoxy) is 1. The van der Waals surface area contributed by atoms with Gasteiger partial charge in [-0.15, -0.1) is 0 Å². The lowest BCUT2D eigenvalue weighted by Gasteiger charge is -2.22. The summed E-state index contributed by atoms with van der Waals surface area (Å²) in [5.74, 6) is -0.291. The lowest BCUT2D eigenvalue weighted by atomic mass is 10.2. The third kappa shape index (κ3) is 4.25. The quantitative estimate of drug-likeness (QED) is 0.787. The molecule has 1 heterocycles. The fraction of sp³-hybridized carbons (Fsp3) is 0.333. The van der Waals surface area contributed by atoms with Crippen molar-refractivity contribution < 1.29 is 17.9 Å². The Morgan fingerprint density at radius 3 is 2.65 bits per heavy atom. The third-order valence-corrected chi connectivity index (χ3v) is 3.24. The van der Waals surface area contributed by atoms with Gasteiger partial charge in [0.2, 0.25) is 0 Å². The molecule has 2 aromatic rings. The topological polar surface area (TPSA) is 38.2 Å². The molecule has 0 bridgehead atoms. The molecule has 2 rings (SSSR count). The summed E-state index contributed by atoms with van der Waals surface area (Å²) in [6, 6.07) is 6.39. The van der Waals surface area contributed by atoms with E-state index in [1.165, 1.54) is 11.9 Å². The maximum atomic E-state index is 13.2. The summed E-state index contributed by atoms with van der Waals surface area (Å²) in [5.41, 5.74) is -0.466. The van der Waals surface area contributed by atoms with Crippen LogP contribution in [0.1, 0.15) is 18.9 Å². The van der Waals surface area contributed by atoms with Gasteiger partial charge in [0, 0.05) is 24.0 Å². The molecule has 0 aliphatic rings. The number of nitrogens with zero attached hydrogens (tertiary/aromatic N) is 3. The van der Waals surface area contributed by atoms with Gasteiger partial charge in [-0.2, -0.15) is 18.2 Å². The normalized spacial score (nSPS) is 11.4. The molecule has 0 aliphatic heterocycles. The Hall–Kier alpha value is -2.02. The van der Waals surface area contributed by atoms with Gasteiger partial charge >= 0.3 is 12.2 Å². The number of alkyl halides is 3. The molecule has 0 unspecified atom stereocenters. The molecule has 1 aromatic carbocycles. The molecule has 4 nitrogen and oxygen atoms in total. The molecule has 0 amide bonds. The van der Waals surface area contributed by atoms with Crippen LogP contribution in [-0.4, -0.2) is 23.6 Å². The summed E-state index contributed by atoms with van der Waals surface area (Å²) in [7, 11) is 1.48. The number of hydrogen-bond donors (Lipinski definition) is 0. The Bertz CT molecular complexity index is 679. The lowest BCUT2D eigenvalue weighted by Crippen LogP contribution is -2.19. The zero-order valence-electron chi connectivity index (χ0n) is 12.6. The van der Waals surface area contributed by atoms with Crippen molar-refractivity contribution in [3.05, 3.63) is 41.0 Å². The zero-order valence-corrected chi connectivity index (χ0v) is 13.3. The molecule has 0 fully saturated rings. The molecule has 0 saturated heterocycles. The Balaban J connectivity index is 2.47. The van der Waals surface area contributed by atoms with E-state index in [-0.39, 0.29) is 11.8 Å². The minimum absolute atomic E-state index is 0.0938. The van der Waals surface area contributed by atoms with Gasteiger partial charge in [-0.1, -0.05) is 24.6 Å². The second-order valence-corrected chi connectivity index (χ2v) is 5.21. The second-order valence-electron chi connectivity index (χ2n) is 4.77. The van der Waals surface area contributed by atoms with Crippen LogP contribution < -0.4 is 9.64 Å². The fourth-order valence-corrected chi connectivity index (χ4v) is 2.07. The van der Waals surface area contributed by atoms with E-state index in [0.717, 1.165) is 6.20 Å². The summed E-state index contributed by atoms with van der Waals surface area (Å²) in [5, 5.41) is 0.416. The van der Waals surface area contributed by atoms with Crippen molar-refractivity contribution in [3.63, 3.8) is 0 Å². The smallest absolute Gasteiger partial charge is 0.421 e. The molecule has 0 N–H and O–H groups in total. The zero-order chi connectivity index (χ0) is 17.0. The van der Waals surface area contributed by atoms with Gasteiger partial charge in [-0.25, -0.2) is 4.98 Å². The minimum Gasteiger partial charge on any atom is -0.463 e. The summed E-state index contributed by atoms with van der Waals surface area (Å²) >= 11 is 5.90. The van der Waals surface area contributed by atoms with Crippen LogP contribution in [0.2, 0.25) is 5.02 Å². The number of hydrogen-bond acceptors (Lipinski definition) is 4. The van der Waals surface area contributed by atoms with E-state index in [1.54, 1.807) is 24.3 Å². The van der Waals surface area contributed by atoms with Crippen molar-refractivity contribution in [2.75, 3.05) is 18.6 Å². The highest BCUT2D eigenvalue weighted by Gasteiger charge is 2.36. The number of aromatic nitrogens is 2. The van der Waals surface area contributed by atoms with Gasteiger partial charge in [0.15, 0.2) is 5.82 Å². The number of anilines is 2. The number of halogens is 4. The van der Waals surface area contributed by atoms with Crippen LogP contribution in [0, 0.1) is 0 Å². The highest BCUT2D eigenvalue weighted by atomic mass is 35.5. The number of rotatable bonds is 5. The van der Waals surface area contributed by atoms with Crippen molar-refractivity contribution in [2.45, 2.75) is 19.5 Å². The highest BCUT2D eigenvalue weighted by Crippen LogP contribution is 2.38. The van der Waals surface area contributed by atoms with E-state index in [0.29, 0.717) is 23.7 Å². The first-order chi connectivity index (χ1) is 10.8. The molecule has 23 heavy (non-hydrogen) atoms. The molecule has 0 spiro atoms. The van der Waals surface area contributed by atoms with E-state index >= 15 is 0 Å². The molecular formula is C15H15ClF3N3O. The molecule has 0 radical (unpaired) electrons. The van der Waals surface area contributed by atoms with Crippen LogP contribution >= 0.6 is 11.6 Å². The highest BCUT2D eigenvalue weighted by molar-refractivity contribution is 6.30. The van der Waals surface area contributed by atoms with E-state index in [4.69, 9.17) is 16.3 Å². The molecule has 124 valence electrons. The first kappa shape index (κ1) is 17.3. The van der Waals surface area contributed by atoms with E-state index < -0.39 is 11.7 Å². The van der Waals surface area contributed by atoms with Gasteiger partial charge in [-0.3, -0.25) is 0 Å². The average molecular weight is 346 g/mol. The Morgan fingerprint density at radius 2 is 2.04 bits per heavy atom. The van der Waals surface area contributed by atoms with Crippen molar-refractivity contribution in [1.29, 1.82) is 0 Å². The molecular weight excluding hydrogens is 331 g/mol. The predicted octanol–water partition coefficient (Wildman–Crippen LogP) is 4.71. The number of benzene rings is 1. The lowest BCUT2D eigenvalue weighted by molar-refractivity contribution is -0.137. The summed E-state index contributed by atoms with van der Waals surface area (Å²) in [6.45, 7) is 2.20. The van der Waals surface area contributed by atoms with Crippen LogP contribution in [0.15, 0.2) is 30.5 Å². The maximum Gasteiger partial charge on any atom is 0.421 e. The standard InChI is InChI=1S/C15H15ClF3N3O/c1-3-7-23-14-20-9-12(15(17,18)19)13(21-14)22(2)11-6-4-5-10(16)8-11/h4-6,8-9H,3,7H2,1-2H3. The first-order valence-electron chi connectivity index (χ1n) is 6.89. The van der Waals surface area contributed by atoms with Crippen LogP contribution in [0.5, 0.6) is 6.01 Å². The minimum atomic E-state index is -4.58. The van der Waals surface area contributed by atoms with Crippen molar-refractivity contribution >= 4 is 23.1 Å². The third-order valence-electron chi connectivity index (χ3n) is 3.00. The molecule has 0 atom stereocenters. The van der Waals surface area contributed by atoms with E-state index in [2.05, 4.69) is 9.97 Å². The van der Waals surface area contributed by atoms with E-state index in [1.807, 2.05) is 6.92 Å². The predicted molar refractivity (Wildman–Crippen MR) is 82.3 cm³/mol. The van der Waals surface area contributed by atoms with Crippen molar-refractivity contribution in [2.24, 2.45) is 0 Å². The molecule has 0 aliphatic carbocycles. The van der Waals surface area contributed by atoms with Crippen molar-refractivity contribution in [3.8, 4) is 6.01 Å². The summed E-state index contributed by atoms with van der Waals surface area (Å²) < 4.78 is 44.9. The molecule has 0 saturated carbocycles. The fourth-order valence-electron chi connectivity index (χ4n) is 1.88. The maximum absolute atomic E-state index is 13.2. The van der Waals surface area contributed by atoms with Crippen LogP contribution in [0.4, 0.5) is 24.7 Å². The molecule has 8 heteroatoms. The largest absolute Gasteiger partial charge is 0.463 e. The van der Waals surface area contributed by atoms with E-state index in [9.17, 15) is 13.2 Å². The van der Waals surface area contributed by atoms with Crippen molar-refractivity contribution in [1.82, 2.24) is 9.97 Å². The van der Waals surface area contributed by atoms with Gasteiger partial charge < -0.3 is 9.64 Å². The average Bonchev–Trinajstić information content (AvgIpc) is 2.51. The van der Waals surface area contributed by atoms with Gasteiger partial charge in [0.25, 0.3) is 0 Å². The Kier molecular flexibility index (Phi) is 5.30. The van der Waals surface area contributed by atoms with Gasteiger partial charge in [0.05, 0.1) is 6.61 Å². The molecule has 1 aromatic heterocycles. The van der Waals surface area contributed by atoms with Crippen LogP contribution in [-0.2, 0) is 6.18 Å². The van der Waals surface area contributed by atoms with Gasteiger partial charge in [-0.05, 0) is 24.6 Å². The summed E-state index contributed by atoms with van der Waals surface area (Å²) in [6.07, 6.45) is -3.15. The Morgan fingerprint density at radius 1 is 1.30 bits per heavy atom. The summed E-state index contributed by atoms with van der Waals surface area (Å²) in [4.78, 5) is 8.84. The Labute approximate surface area is 136 Å². The first-order valence-corrected chi connectivity index (χ1v) is 7.27. The SMILES string of the molecule is CCCOc1ncc(C(F)(F)F)c(N(C)c2cccc(Cl)c2)n1. The van der Waals surface area contributed by atoms with Crippen LogP contribution in [0.3, 0.4) is 0 Å². The van der Waals surface area contributed by atoms with Gasteiger partial charge in [0.1, 0.15) is 5.56 Å².